The summed E-state index contributed by atoms with van der Waals surface area (Å²) in [6.45, 7) is 3.10. The van der Waals surface area contributed by atoms with Gasteiger partial charge in [-0.15, -0.1) is 0 Å². The number of aromatic nitrogens is 2. The lowest BCUT2D eigenvalue weighted by atomic mass is 10.1. The van der Waals surface area contributed by atoms with Crippen molar-refractivity contribution < 1.29 is 4.79 Å². The second-order valence-electron chi connectivity index (χ2n) is 6.33. The second kappa shape index (κ2) is 6.44. The molecule has 0 saturated heterocycles. The van der Waals surface area contributed by atoms with Crippen LogP contribution in [0.15, 0.2) is 36.7 Å². The lowest BCUT2D eigenvalue weighted by molar-refractivity contribution is -0.119. The summed E-state index contributed by atoms with van der Waals surface area (Å²) in [5.41, 5.74) is 3.26. The van der Waals surface area contributed by atoms with Gasteiger partial charge in [-0.1, -0.05) is 12.1 Å². The Kier molecular flexibility index (Phi) is 4.37. The van der Waals surface area contributed by atoms with E-state index in [1.807, 2.05) is 36.5 Å². The van der Waals surface area contributed by atoms with Crippen LogP contribution in [-0.2, 0) is 18.3 Å². The molecule has 2 aromatic rings. The minimum Gasteiger partial charge on any atom is -0.373 e. The van der Waals surface area contributed by atoms with E-state index in [9.17, 15) is 4.79 Å². The largest absolute Gasteiger partial charge is 0.373 e. The summed E-state index contributed by atoms with van der Waals surface area (Å²) in [5.74, 6) is 0.184. The average molecular weight is 312 g/mol. The lowest BCUT2D eigenvalue weighted by Crippen LogP contribution is -2.38. The molecule has 0 unspecified atom stereocenters. The van der Waals surface area contributed by atoms with Crippen molar-refractivity contribution in [1.29, 1.82) is 0 Å². The fourth-order valence-electron chi connectivity index (χ4n) is 3.21. The van der Waals surface area contributed by atoms with Gasteiger partial charge in [-0.25, -0.2) is 0 Å². The van der Waals surface area contributed by atoms with Gasteiger partial charge in [0.1, 0.15) is 0 Å². The van der Waals surface area contributed by atoms with Gasteiger partial charge in [-0.05, 0) is 37.5 Å². The van der Waals surface area contributed by atoms with Crippen molar-refractivity contribution in [2.45, 2.75) is 32.2 Å². The highest BCUT2D eigenvalue weighted by atomic mass is 16.2. The van der Waals surface area contributed by atoms with Crippen LogP contribution < -0.4 is 9.80 Å². The number of anilines is 2. The number of para-hydroxylation sites is 2. The van der Waals surface area contributed by atoms with Crippen LogP contribution in [0.25, 0.3) is 0 Å². The van der Waals surface area contributed by atoms with Crippen molar-refractivity contribution in [2.75, 3.05) is 23.4 Å². The van der Waals surface area contributed by atoms with Crippen LogP contribution in [-0.4, -0.2) is 35.3 Å². The van der Waals surface area contributed by atoms with E-state index in [2.05, 4.69) is 36.1 Å². The first-order valence-electron chi connectivity index (χ1n) is 8.16. The molecule has 1 aliphatic heterocycles. The molecule has 0 radical (unpaired) electrons. The first-order chi connectivity index (χ1) is 11.1. The number of aryl methyl sites for hydroxylation is 2. The third-order valence-electron chi connectivity index (χ3n) is 4.53. The van der Waals surface area contributed by atoms with Gasteiger partial charge in [-0.2, -0.15) is 5.10 Å². The molecule has 0 N–H and O–H groups in total. The Labute approximate surface area is 137 Å². The van der Waals surface area contributed by atoms with Crippen LogP contribution in [0.1, 0.15) is 25.3 Å². The molecule has 0 spiro atoms. The molecule has 1 atom stereocenters. The van der Waals surface area contributed by atoms with E-state index in [0.717, 1.165) is 36.3 Å². The maximum Gasteiger partial charge on any atom is 0.227 e. The van der Waals surface area contributed by atoms with E-state index in [1.165, 1.54) is 0 Å². The summed E-state index contributed by atoms with van der Waals surface area (Å²) < 4.78 is 1.78. The van der Waals surface area contributed by atoms with Gasteiger partial charge < -0.3 is 9.80 Å². The van der Waals surface area contributed by atoms with Crippen LogP contribution in [0.2, 0.25) is 0 Å². The van der Waals surface area contributed by atoms with E-state index >= 15 is 0 Å². The molecule has 1 aromatic heterocycles. The third-order valence-corrected chi connectivity index (χ3v) is 4.53. The lowest BCUT2D eigenvalue weighted by Gasteiger charge is -2.28. The Hall–Kier alpha value is -2.30. The van der Waals surface area contributed by atoms with Crippen molar-refractivity contribution in [3.8, 4) is 0 Å². The maximum absolute atomic E-state index is 12.9. The van der Waals surface area contributed by atoms with Gasteiger partial charge in [0.05, 0.1) is 17.6 Å². The summed E-state index contributed by atoms with van der Waals surface area (Å²) in [6.07, 6.45) is 6.02. The molecule has 0 fully saturated rings. The Morgan fingerprint density at radius 2 is 2.00 bits per heavy atom. The zero-order valence-corrected chi connectivity index (χ0v) is 14.1. The molecule has 0 saturated carbocycles. The summed E-state index contributed by atoms with van der Waals surface area (Å²) in [5, 5.41) is 4.17. The van der Waals surface area contributed by atoms with Crippen LogP contribution >= 0.6 is 0 Å². The predicted octanol–water partition coefficient (Wildman–Crippen LogP) is 2.61. The van der Waals surface area contributed by atoms with E-state index < -0.39 is 0 Å². The topological polar surface area (TPSA) is 41.4 Å². The van der Waals surface area contributed by atoms with Crippen molar-refractivity contribution >= 4 is 17.3 Å². The summed E-state index contributed by atoms with van der Waals surface area (Å²) in [6, 6.07) is 8.39. The van der Waals surface area contributed by atoms with E-state index in [1.54, 1.807) is 4.68 Å². The zero-order valence-electron chi connectivity index (χ0n) is 14.1. The number of benzene rings is 1. The van der Waals surface area contributed by atoms with Gasteiger partial charge in [0.2, 0.25) is 5.91 Å². The molecule has 3 rings (SSSR count). The predicted molar refractivity (Wildman–Crippen MR) is 92.8 cm³/mol. The quantitative estimate of drug-likeness (QED) is 0.875. The third kappa shape index (κ3) is 3.23. The molecule has 0 bridgehead atoms. The number of nitrogens with zero attached hydrogens (tertiary/aromatic N) is 4. The number of rotatable bonds is 3. The molecule has 5 heteroatoms. The van der Waals surface area contributed by atoms with Gasteiger partial charge in [0, 0.05) is 39.3 Å². The molecule has 2 heterocycles. The molecule has 1 aliphatic rings. The maximum atomic E-state index is 12.9. The SMILES string of the molecule is C[C@H]1CCN(C)c2ccccc2N1C(=O)CCc1cnn(C)c1. The van der Waals surface area contributed by atoms with Crippen molar-refractivity contribution in [2.24, 2.45) is 7.05 Å². The highest BCUT2D eigenvalue weighted by Gasteiger charge is 2.27. The summed E-state index contributed by atoms with van der Waals surface area (Å²) in [7, 11) is 3.99. The molecule has 5 nitrogen and oxygen atoms in total. The molecular weight excluding hydrogens is 288 g/mol. The van der Waals surface area contributed by atoms with Gasteiger partial charge in [0.25, 0.3) is 0 Å². The van der Waals surface area contributed by atoms with Crippen LogP contribution in [0.3, 0.4) is 0 Å². The fourth-order valence-corrected chi connectivity index (χ4v) is 3.21. The molecule has 1 aromatic carbocycles. The second-order valence-corrected chi connectivity index (χ2v) is 6.33. The number of carbonyl (C=O) groups excluding carboxylic acids is 1. The van der Waals surface area contributed by atoms with Gasteiger partial charge in [0.15, 0.2) is 0 Å². The van der Waals surface area contributed by atoms with Crippen LogP contribution in [0.5, 0.6) is 0 Å². The summed E-state index contributed by atoms with van der Waals surface area (Å²) in [4.78, 5) is 17.1. The molecule has 122 valence electrons. The smallest absolute Gasteiger partial charge is 0.227 e. The van der Waals surface area contributed by atoms with E-state index in [-0.39, 0.29) is 11.9 Å². The summed E-state index contributed by atoms with van der Waals surface area (Å²) >= 11 is 0. The number of fused-ring (bicyclic) bond motifs is 1. The fraction of sp³-hybridized carbons (Fsp3) is 0.444. The van der Waals surface area contributed by atoms with Gasteiger partial charge >= 0.3 is 0 Å². The van der Waals surface area contributed by atoms with Crippen LogP contribution in [0, 0.1) is 0 Å². The molecular formula is C18H24N4O. The first-order valence-corrected chi connectivity index (χ1v) is 8.16. The standard InChI is InChI=1S/C18H24N4O/c1-14-10-11-20(2)16-6-4-5-7-17(16)22(14)18(23)9-8-15-12-19-21(3)13-15/h4-7,12-14H,8-11H2,1-3H3/t14-/m0/s1. The van der Waals surface area contributed by atoms with Crippen molar-refractivity contribution in [3.05, 3.63) is 42.2 Å². The Balaban J connectivity index is 1.81. The molecule has 23 heavy (non-hydrogen) atoms. The van der Waals surface area contributed by atoms with Crippen molar-refractivity contribution in [1.82, 2.24) is 9.78 Å². The zero-order chi connectivity index (χ0) is 16.4. The molecule has 0 aliphatic carbocycles. The van der Waals surface area contributed by atoms with E-state index in [4.69, 9.17) is 0 Å². The van der Waals surface area contributed by atoms with Crippen LogP contribution in [0.4, 0.5) is 11.4 Å². The van der Waals surface area contributed by atoms with E-state index in [0.29, 0.717) is 6.42 Å². The first kappa shape index (κ1) is 15.6. The van der Waals surface area contributed by atoms with Gasteiger partial charge in [-0.3, -0.25) is 9.48 Å². The number of hydrogen-bond acceptors (Lipinski definition) is 3. The average Bonchev–Trinajstić information content (AvgIpc) is 2.91. The minimum absolute atomic E-state index is 0.184. The normalized spacial score (nSPS) is 17.8. The monoisotopic (exact) mass is 312 g/mol. The Morgan fingerprint density at radius 1 is 1.26 bits per heavy atom. The number of hydrogen-bond donors (Lipinski definition) is 0. The highest BCUT2D eigenvalue weighted by molar-refractivity contribution is 5.97. The number of amides is 1. The minimum atomic E-state index is 0.184. The number of carbonyl (C=O) groups is 1. The highest BCUT2D eigenvalue weighted by Crippen LogP contribution is 2.34. The molecule has 1 amide bonds. The van der Waals surface area contributed by atoms with Crippen molar-refractivity contribution in [3.63, 3.8) is 0 Å². The Bertz CT molecular complexity index is 694. The Morgan fingerprint density at radius 3 is 2.70 bits per heavy atom.